The molecule has 0 spiro atoms. The second kappa shape index (κ2) is 9.49. The van der Waals surface area contributed by atoms with Gasteiger partial charge in [-0.3, -0.25) is 0 Å². The summed E-state index contributed by atoms with van der Waals surface area (Å²) in [6.45, 7) is 0.770. The standard InChI is InChI=1S/C32H33NO4/c1-33(2,3)19-20-13-27-17-25-11-5-9-23(30(25)35)15-21-7-4-8-22(29(21)34)16-24-10-6-12-26(31(24)36)18-28(14-20)32(27)37/h4-14H,15-19H2,1-3H3,(H3-,34,35,36,37)/p+1. The highest BCUT2D eigenvalue weighted by atomic mass is 16.3. The summed E-state index contributed by atoms with van der Waals surface area (Å²) in [4.78, 5) is 0. The first-order valence-corrected chi connectivity index (χ1v) is 12.6. The summed E-state index contributed by atoms with van der Waals surface area (Å²) in [5.74, 6) is 0.729. The van der Waals surface area contributed by atoms with E-state index in [1.54, 1.807) is 0 Å². The lowest BCUT2D eigenvalue weighted by molar-refractivity contribution is -0.884. The van der Waals surface area contributed by atoms with Crippen molar-refractivity contribution in [2.75, 3.05) is 21.1 Å². The summed E-state index contributed by atoms with van der Waals surface area (Å²) in [5, 5.41) is 44.8. The normalized spacial score (nSPS) is 13.4. The highest BCUT2D eigenvalue weighted by Crippen LogP contribution is 2.37. The minimum Gasteiger partial charge on any atom is -0.507 e. The van der Waals surface area contributed by atoms with Crippen molar-refractivity contribution < 1.29 is 24.9 Å². The Labute approximate surface area is 218 Å². The zero-order valence-corrected chi connectivity index (χ0v) is 21.6. The zero-order valence-electron chi connectivity index (χ0n) is 21.6. The quantitative estimate of drug-likeness (QED) is 0.247. The summed E-state index contributed by atoms with van der Waals surface area (Å²) < 4.78 is 0.729. The Balaban J connectivity index is 1.72. The number of phenols is 4. The van der Waals surface area contributed by atoms with Crippen LogP contribution in [0.15, 0.2) is 66.7 Å². The summed E-state index contributed by atoms with van der Waals surface area (Å²) in [5.41, 5.74) is 6.84. The SMILES string of the molecule is C[N+](C)(C)Cc1cc2c(O)c(c1)Cc1cccc(c1O)Cc1cccc(c1O)Cc1cccc(c1O)C2. The maximum atomic E-state index is 11.4. The van der Waals surface area contributed by atoms with Crippen LogP contribution in [-0.4, -0.2) is 46.1 Å². The lowest BCUT2D eigenvalue weighted by Crippen LogP contribution is -2.33. The van der Waals surface area contributed by atoms with Crippen LogP contribution >= 0.6 is 0 Å². The number of phenolic OH excluding ortho intramolecular Hbond substituents is 4. The molecule has 0 amide bonds. The number of fused-ring (bicyclic) bond motifs is 8. The van der Waals surface area contributed by atoms with E-state index in [1.165, 1.54) is 0 Å². The molecule has 190 valence electrons. The van der Waals surface area contributed by atoms with E-state index in [4.69, 9.17) is 0 Å². The monoisotopic (exact) mass is 496 g/mol. The van der Waals surface area contributed by atoms with E-state index in [0.717, 1.165) is 27.7 Å². The maximum absolute atomic E-state index is 11.4. The van der Waals surface area contributed by atoms with Crippen molar-refractivity contribution in [3.05, 3.63) is 117 Å². The fourth-order valence-electron chi connectivity index (χ4n) is 5.35. The highest BCUT2D eigenvalue weighted by molar-refractivity contribution is 5.55. The van der Waals surface area contributed by atoms with Gasteiger partial charge in [-0.15, -0.1) is 0 Å². The first-order chi connectivity index (χ1) is 17.6. The van der Waals surface area contributed by atoms with E-state index in [2.05, 4.69) is 21.1 Å². The average molecular weight is 497 g/mol. The summed E-state index contributed by atoms with van der Waals surface area (Å²) in [7, 11) is 6.37. The molecule has 0 aromatic heterocycles. The molecule has 1 aliphatic rings. The number of quaternary nitrogens is 1. The fraction of sp³-hybridized carbons (Fsp3) is 0.250. The van der Waals surface area contributed by atoms with Gasteiger partial charge in [0.2, 0.25) is 0 Å². The van der Waals surface area contributed by atoms with Gasteiger partial charge < -0.3 is 24.9 Å². The number of para-hydroxylation sites is 3. The molecular weight excluding hydrogens is 462 g/mol. The van der Waals surface area contributed by atoms with Crippen molar-refractivity contribution in [1.29, 1.82) is 0 Å². The van der Waals surface area contributed by atoms with Crippen LogP contribution in [0.25, 0.3) is 0 Å². The molecule has 5 nitrogen and oxygen atoms in total. The molecule has 4 aromatic carbocycles. The topological polar surface area (TPSA) is 80.9 Å². The molecule has 0 fully saturated rings. The number of rotatable bonds is 2. The largest absolute Gasteiger partial charge is 0.507 e. The fourth-order valence-corrected chi connectivity index (χ4v) is 5.35. The molecule has 0 radical (unpaired) electrons. The molecule has 0 unspecified atom stereocenters. The lowest BCUT2D eigenvalue weighted by atomic mass is 9.90. The Morgan fingerprint density at radius 2 is 0.757 bits per heavy atom. The van der Waals surface area contributed by atoms with E-state index < -0.39 is 0 Å². The number of hydrogen-bond donors (Lipinski definition) is 4. The van der Waals surface area contributed by atoms with Gasteiger partial charge in [0.15, 0.2) is 0 Å². The lowest BCUT2D eigenvalue weighted by Gasteiger charge is -2.25. The van der Waals surface area contributed by atoms with E-state index in [-0.39, 0.29) is 23.0 Å². The molecule has 0 saturated carbocycles. The van der Waals surface area contributed by atoms with Crippen molar-refractivity contribution in [2.24, 2.45) is 0 Å². The van der Waals surface area contributed by atoms with Crippen molar-refractivity contribution in [2.45, 2.75) is 32.2 Å². The molecule has 0 saturated heterocycles. The second-order valence-electron chi connectivity index (χ2n) is 11.2. The zero-order chi connectivity index (χ0) is 26.3. The van der Waals surface area contributed by atoms with Crippen molar-refractivity contribution >= 4 is 0 Å². The molecule has 0 heterocycles. The Morgan fingerprint density at radius 3 is 1.05 bits per heavy atom. The molecule has 37 heavy (non-hydrogen) atoms. The number of hydrogen-bond acceptors (Lipinski definition) is 4. The van der Waals surface area contributed by atoms with Crippen molar-refractivity contribution in [3.8, 4) is 23.0 Å². The van der Waals surface area contributed by atoms with Gasteiger partial charge >= 0.3 is 0 Å². The smallest absolute Gasteiger partial charge is 0.122 e. The molecule has 4 aromatic rings. The van der Waals surface area contributed by atoms with Crippen molar-refractivity contribution in [3.63, 3.8) is 0 Å². The third-order valence-corrected chi connectivity index (χ3v) is 7.12. The first kappa shape index (κ1) is 24.7. The average Bonchev–Trinajstić information content (AvgIpc) is 2.82. The van der Waals surface area contributed by atoms with Gasteiger partial charge in [-0.05, 0) is 56.6 Å². The van der Waals surface area contributed by atoms with Crippen LogP contribution in [0.4, 0.5) is 0 Å². The Hall–Kier alpha value is -3.96. The van der Waals surface area contributed by atoms with E-state index in [9.17, 15) is 20.4 Å². The molecule has 8 bridgehead atoms. The summed E-state index contributed by atoms with van der Waals surface area (Å²) in [6, 6.07) is 20.9. The van der Waals surface area contributed by atoms with Gasteiger partial charge in [0.05, 0.1) is 21.1 Å². The predicted octanol–water partition coefficient (Wildman–Crippen LogP) is 5.39. The van der Waals surface area contributed by atoms with Crippen LogP contribution in [0, 0.1) is 0 Å². The first-order valence-electron chi connectivity index (χ1n) is 12.6. The van der Waals surface area contributed by atoms with Gasteiger partial charge in [0, 0.05) is 31.2 Å². The van der Waals surface area contributed by atoms with Gasteiger partial charge in [0.25, 0.3) is 0 Å². The van der Waals surface area contributed by atoms with Gasteiger partial charge in [0.1, 0.15) is 29.5 Å². The summed E-state index contributed by atoms with van der Waals surface area (Å²) >= 11 is 0. The molecule has 1 aliphatic carbocycles. The number of aromatic hydroxyl groups is 4. The minimum absolute atomic E-state index is 0.178. The van der Waals surface area contributed by atoms with E-state index >= 15 is 0 Å². The Bertz CT molecular complexity index is 1390. The van der Waals surface area contributed by atoms with Crippen LogP contribution < -0.4 is 0 Å². The molecule has 0 atom stereocenters. The van der Waals surface area contributed by atoms with E-state index in [1.807, 2.05) is 66.7 Å². The second-order valence-corrected chi connectivity index (χ2v) is 11.2. The van der Waals surface area contributed by atoms with Crippen LogP contribution in [0.1, 0.15) is 50.1 Å². The Kier molecular flexibility index (Phi) is 6.34. The van der Waals surface area contributed by atoms with Crippen LogP contribution in [0.3, 0.4) is 0 Å². The molecule has 0 aliphatic heterocycles. The van der Waals surface area contributed by atoms with Crippen LogP contribution in [-0.2, 0) is 32.2 Å². The predicted molar refractivity (Wildman–Crippen MR) is 145 cm³/mol. The van der Waals surface area contributed by atoms with E-state index in [0.29, 0.717) is 59.1 Å². The Morgan fingerprint density at radius 1 is 0.486 bits per heavy atom. The maximum Gasteiger partial charge on any atom is 0.122 e. The third-order valence-electron chi connectivity index (χ3n) is 7.12. The number of benzene rings is 4. The molecule has 5 rings (SSSR count). The highest BCUT2D eigenvalue weighted by Gasteiger charge is 2.20. The number of nitrogens with zero attached hydrogens (tertiary/aromatic N) is 1. The third kappa shape index (κ3) is 5.13. The van der Waals surface area contributed by atoms with Gasteiger partial charge in [-0.25, -0.2) is 0 Å². The van der Waals surface area contributed by atoms with Crippen LogP contribution in [0.5, 0.6) is 23.0 Å². The minimum atomic E-state index is 0.178. The van der Waals surface area contributed by atoms with Gasteiger partial charge in [-0.2, -0.15) is 0 Å². The molecular formula is C32H34NO4+. The summed E-state index contributed by atoms with van der Waals surface area (Å²) in [6.07, 6.45) is 1.46. The van der Waals surface area contributed by atoms with Crippen molar-refractivity contribution in [1.82, 2.24) is 0 Å². The van der Waals surface area contributed by atoms with Crippen LogP contribution in [0.2, 0.25) is 0 Å². The molecule has 5 heteroatoms. The molecule has 4 N–H and O–H groups in total. The van der Waals surface area contributed by atoms with Gasteiger partial charge in [-0.1, -0.05) is 54.6 Å².